The van der Waals surface area contributed by atoms with Crippen molar-refractivity contribution >= 4 is 11.3 Å². The number of nitrogens with one attached hydrogen (secondary N) is 1. The van der Waals surface area contributed by atoms with Gasteiger partial charge in [0.2, 0.25) is 0 Å². The number of rotatable bonds is 5. The normalized spacial score (nSPS) is 23.4. The zero-order valence-electron chi connectivity index (χ0n) is 13.0. The van der Waals surface area contributed by atoms with Gasteiger partial charge in [-0.25, -0.2) is 4.98 Å². The Hall–Kier alpha value is -1.23. The van der Waals surface area contributed by atoms with Crippen LogP contribution in [0.15, 0.2) is 35.7 Å². The van der Waals surface area contributed by atoms with Crippen molar-refractivity contribution in [2.24, 2.45) is 5.92 Å². The van der Waals surface area contributed by atoms with Crippen molar-refractivity contribution in [3.63, 3.8) is 0 Å². The largest absolute Gasteiger partial charge is 0.396 e. The molecule has 2 N–H and O–H groups in total. The monoisotopic (exact) mass is 316 g/mol. The van der Waals surface area contributed by atoms with E-state index >= 15 is 0 Å². The van der Waals surface area contributed by atoms with Crippen LogP contribution in [0.2, 0.25) is 0 Å². The zero-order chi connectivity index (χ0) is 15.4. The highest BCUT2D eigenvalue weighted by molar-refractivity contribution is 7.10. The molecule has 2 aromatic rings. The van der Waals surface area contributed by atoms with Gasteiger partial charge in [0.25, 0.3) is 0 Å². The number of aromatic nitrogens is 1. The Morgan fingerprint density at radius 2 is 2.05 bits per heavy atom. The number of aliphatic hydroxyl groups is 1. The van der Waals surface area contributed by atoms with Crippen molar-refractivity contribution in [1.29, 1.82) is 0 Å². The lowest BCUT2D eigenvalue weighted by atomic mass is 9.84. The summed E-state index contributed by atoms with van der Waals surface area (Å²) in [6.45, 7) is 2.47. The molecule has 0 radical (unpaired) electrons. The summed E-state index contributed by atoms with van der Waals surface area (Å²) in [5, 5.41) is 16.5. The van der Waals surface area contributed by atoms with E-state index in [2.05, 4.69) is 29.8 Å². The molecule has 1 aliphatic rings. The molecule has 0 bridgehead atoms. The summed E-state index contributed by atoms with van der Waals surface area (Å²) in [6.07, 6.45) is 4.79. The minimum Gasteiger partial charge on any atom is -0.396 e. The first-order valence-electron chi connectivity index (χ1n) is 8.15. The number of thiazole rings is 1. The maximum Gasteiger partial charge on any atom is 0.110 e. The first kappa shape index (κ1) is 15.7. The number of hydrogen-bond acceptors (Lipinski definition) is 4. The van der Waals surface area contributed by atoms with Crippen LogP contribution in [0, 0.1) is 5.92 Å². The fourth-order valence-corrected chi connectivity index (χ4v) is 4.11. The van der Waals surface area contributed by atoms with E-state index in [0.717, 1.165) is 23.5 Å². The zero-order valence-corrected chi connectivity index (χ0v) is 13.9. The molecule has 0 amide bonds. The van der Waals surface area contributed by atoms with Crippen LogP contribution in [0.1, 0.15) is 43.7 Å². The van der Waals surface area contributed by atoms with E-state index < -0.39 is 0 Å². The third kappa shape index (κ3) is 3.57. The van der Waals surface area contributed by atoms with E-state index in [9.17, 15) is 5.11 Å². The second-order valence-electron chi connectivity index (χ2n) is 6.16. The van der Waals surface area contributed by atoms with Gasteiger partial charge in [-0.3, -0.25) is 0 Å². The van der Waals surface area contributed by atoms with Crippen LogP contribution in [0.25, 0.3) is 11.3 Å². The minimum atomic E-state index is 0.236. The molecule has 1 heterocycles. The van der Waals surface area contributed by atoms with Crippen LogP contribution in [0.4, 0.5) is 0 Å². The average Bonchev–Trinajstić information content (AvgIpc) is 3.06. The minimum absolute atomic E-state index is 0.236. The molecule has 22 heavy (non-hydrogen) atoms. The second-order valence-corrected chi connectivity index (χ2v) is 7.05. The highest BCUT2D eigenvalue weighted by Gasteiger charge is 2.26. The molecule has 0 saturated heterocycles. The van der Waals surface area contributed by atoms with Crippen LogP contribution in [0.3, 0.4) is 0 Å². The summed E-state index contributed by atoms with van der Waals surface area (Å²) in [6, 6.07) is 11.0. The molecular weight excluding hydrogens is 292 g/mol. The molecule has 1 fully saturated rings. The first-order valence-corrected chi connectivity index (χ1v) is 9.03. The van der Waals surface area contributed by atoms with Gasteiger partial charge in [-0.15, -0.1) is 11.3 Å². The lowest BCUT2D eigenvalue weighted by Crippen LogP contribution is -2.41. The fourth-order valence-electron chi connectivity index (χ4n) is 3.27. The van der Waals surface area contributed by atoms with Gasteiger partial charge in [0.05, 0.1) is 11.7 Å². The molecule has 118 valence electrons. The number of nitrogens with zero attached hydrogens (tertiary/aromatic N) is 1. The summed E-state index contributed by atoms with van der Waals surface area (Å²) in [4.78, 5) is 4.79. The van der Waals surface area contributed by atoms with Gasteiger partial charge >= 0.3 is 0 Å². The van der Waals surface area contributed by atoms with Crippen molar-refractivity contribution in [3.8, 4) is 11.3 Å². The summed E-state index contributed by atoms with van der Waals surface area (Å²) < 4.78 is 0. The Balaban J connectivity index is 1.67. The summed E-state index contributed by atoms with van der Waals surface area (Å²) >= 11 is 1.71. The molecule has 3 rings (SSSR count). The quantitative estimate of drug-likeness (QED) is 0.876. The van der Waals surface area contributed by atoms with Gasteiger partial charge in [0.15, 0.2) is 0 Å². The number of benzene rings is 1. The molecule has 4 heteroatoms. The molecular formula is C18H24N2OS. The lowest BCUT2D eigenvalue weighted by Gasteiger charge is -2.32. The second kappa shape index (κ2) is 7.36. The van der Waals surface area contributed by atoms with Crippen molar-refractivity contribution in [2.45, 2.75) is 44.7 Å². The van der Waals surface area contributed by atoms with Gasteiger partial charge in [-0.05, 0) is 25.7 Å². The lowest BCUT2D eigenvalue weighted by molar-refractivity contribution is 0.147. The first-order chi connectivity index (χ1) is 10.8. The van der Waals surface area contributed by atoms with E-state index in [4.69, 9.17) is 4.98 Å². The van der Waals surface area contributed by atoms with Crippen LogP contribution in [0.5, 0.6) is 0 Å². The van der Waals surface area contributed by atoms with Gasteiger partial charge < -0.3 is 10.4 Å². The Kier molecular flexibility index (Phi) is 5.24. The molecule has 1 aromatic heterocycles. The highest BCUT2D eigenvalue weighted by atomic mass is 32.1. The summed E-state index contributed by atoms with van der Waals surface area (Å²) in [5.74, 6) is 0.393. The maximum absolute atomic E-state index is 9.54. The maximum atomic E-state index is 9.54. The average molecular weight is 316 g/mol. The topological polar surface area (TPSA) is 45.1 Å². The highest BCUT2D eigenvalue weighted by Crippen LogP contribution is 2.29. The fraction of sp³-hybridized carbons (Fsp3) is 0.500. The Morgan fingerprint density at radius 1 is 1.27 bits per heavy atom. The van der Waals surface area contributed by atoms with Crippen LogP contribution in [-0.4, -0.2) is 22.7 Å². The van der Waals surface area contributed by atoms with Gasteiger partial charge in [-0.1, -0.05) is 43.2 Å². The Labute approximate surface area is 136 Å². The smallest absolute Gasteiger partial charge is 0.110 e. The molecule has 3 unspecified atom stereocenters. The molecule has 3 atom stereocenters. The van der Waals surface area contributed by atoms with Crippen LogP contribution in [-0.2, 0) is 0 Å². The number of hydrogen-bond donors (Lipinski definition) is 2. The van der Waals surface area contributed by atoms with Gasteiger partial charge in [-0.2, -0.15) is 0 Å². The van der Waals surface area contributed by atoms with Crippen molar-refractivity contribution in [2.75, 3.05) is 6.61 Å². The van der Waals surface area contributed by atoms with E-state index in [1.807, 2.05) is 18.2 Å². The Bertz CT molecular complexity index is 584. The van der Waals surface area contributed by atoms with Crippen LogP contribution >= 0.6 is 11.3 Å². The molecule has 1 aromatic carbocycles. The third-order valence-electron chi connectivity index (χ3n) is 4.57. The predicted molar refractivity (Wildman–Crippen MR) is 91.9 cm³/mol. The SMILES string of the molecule is CC(NC1CCCCC1CO)c1nc(-c2ccccc2)cs1. The molecule has 1 aliphatic carbocycles. The van der Waals surface area contributed by atoms with Gasteiger partial charge in [0, 0.05) is 23.6 Å². The summed E-state index contributed by atoms with van der Waals surface area (Å²) in [7, 11) is 0. The molecule has 0 aliphatic heterocycles. The van der Waals surface area contributed by atoms with Gasteiger partial charge in [0.1, 0.15) is 5.01 Å². The van der Waals surface area contributed by atoms with Crippen molar-refractivity contribution in [1.82, 2.24) is 10.3 Å². The molecule has 1 saturated carbocycles. The summed E-state index contributed by atoms with van der Waals surface area (Å²) in [5.41, 5.74) is 2.22. The molecule has 0 spiro atoms. The van der Waals surface area contributed by atoms with E-state index in [1.54, 1.807) is 11.3 Å². The van der Waals surface area contributed by atoms with E-state index in [0.29, 0.717) is 12.0 Å². The van der Waals surface area contributed by atoms with Crippen molar-refractivity contribution < 1.29 is 5.11 Å². The van der Waals surface area contributed by atoms with E-state index in [-0.39, 0.29) is 12.6 Å². The Morgan fingerprint density at radius 3 is 2.82 bits per heavy atom. The van der Waals surface area contributed by atoms with E-state index in [1.165, 1.54) is 18.4 Å². The van der Waals surface area contributed by atoms with Crippen molar-refractivity contribution in [3.05, 3.63) is 40.7 Å². The number of aliphatic hydroxyl groups excluding tert-OH is 1. The molecule has 3 nitrogen and oxygen atoms in total. The van der Waals surface area contributed by atoms with Crippen LogP contribution < -0.4 is 5.32 Å². The third-order valence-corrected chi connectivity index (χ3v) is 5.60. The predicted octanol–water partition coefficient (Wildman–Crippen LogP) is 4.01. The standard InChI is InChI=1S/C18H24N2OS/c1-13(19-16-10-6-5-9-15(16)11-21)18-20-17(12-22-18)14-7-3-2-4-8-14/h2-4,7-8,12-13,15-16,19,21H,5-6,9-11H2,1H3.